The van der Waals surface area contributed by atoms with Crippen LogP contribution in [0.3, 0.4) is 0 Å². The second kappa shape index (κ2) is 6.90. The molecule has 116 valence electrons. The molecule has 0 radical (unpaired) electrons. The van der Waals surface area contributed by atoms with Crippen LogP contribution in [0, 0.1) is 11.8 Å². The van der Waals surface area contributed by atoms with Gasteiger partial charge in [-0.1, -0.05) is 13.8 Å². The van der Waals surface area contributed by atoms with Gasteiger partial charge in [0.2, 0.25) is 0 Å². The van der Waals surface area contributed by atoms with E-state index in [0.29, 0.717) is 12.5 Å². The van der Waals surface area contributed by atoms with Gasteiger partial charge < -0.3 is 15.0 Å². The highest BCUT2D eigenvalue weighted by Crippen LogP contribution is 2.41. The van der Waals surface area contributed by atoms with Gasteiger partial charge in [-0.15, -0.1) is 0 Å². The van der Waals surface area contributed by atoms with E-state index in [1.165, 1.54) is 6.42 Å². The summed E-state index contributed by atoms with van der Waals surface area (Å²) in [6.45, 7) is 10.7. The van der Waals surface area contributed by atoms with Gasteiger partial charge in [0.25, 0.3) is 0 Å². The highest BCUT2D eigenvalue weighted by atomic mass is 16.5. The van der Waals surface area contributed by atoms with Crippen LogP contribution >= 0.6 is 0 Å². The number of hydrogen-bond acceptors (Lipinski definition) is 4. The fourth-order valence-electron chi connectivity index (χ4n) is 3.34. The van der Waals surface area contributed by atoms with Gasteiger partial charge in [-0.3, -0.25) is 0 Å². The molecule has 1 N–H and O–H groups in total. The van der Waals surface area contributed by atoms with Gasteiger partial charge >= 0.3 is 5.97 Å². The van der Waals surface area contributed by atoms with Crippen molar-refractivity contribution in [3.63, 3.8) is 0 Å². The fraction of sp³-hybridized carbons (Fsp3) is 0.938. The van der Waals surface area contributed by atoms with Gasteiger partial charge in [0.05, 0.1) is 6.61 Å². The molecule has 2 aliphatic rings. The van der Waals surface area contributed by atoms with E-state index in [2.05, 4.69) is 24.1 Å². The highest BCUT2D eigenvalue weighted by Gasteiger charge is 2.52. The molecule has 2 rings (SSSR count). The number of esters is 1. The van der Waals surface area contributed by atoms with Crippen LogP contribution in [0.5, 0.6) is 0 Å². The Balaban J connectivity index is 2.09. The first-order valence-electron chi connectivity index (χ1n) is 8.27. The predicted molar refractivity (Wildman–Crippen MR) is 80.6 cm³/mol. The highest BCUT2D eigenvalue weighted by molar-refractivity contribution is 5.82. The molecule has 0 bridgehead atoms. The summed E-state index contributed by atoms with van der Waals surface area (Å²) in [6.07, 6.45) is 4.60. The van der Waals surface area contributed by atoms with Gasteiger partial charge in [0.15, 0.2) is 0 Å². The first kappa shape index (κ1) is 15.8. The van der Waals surface area contributed by atoms with E-state index >= 15 is 0 Å². The Kier molecular flexibility index (Phi) is 5.44. The largest absolute Gasteiger partial charge is 0.465 e. The lowest BCUT2D eigenvalue weighted by atomic mass is 9.92. The summed E-state index contributed by atoms with van der Waals surface area (Å²) < 4.78 is 5.41. The first-order chi connectivity index (χ1) is 9.62. The van der Waals surface area contributed by atoms with Crippen molar-refractivity contribution < 1.29 is 9.53 Å². The normalized spacial score (nSPS) is 26.4. The van der Waals surface area contributed by atoms with Crippen molar-refractivity contribution in [2.24, 2.45) is 11.8 Å². The second-order valence-corrected chi connectivity index (χ2v) is 6.52. The molecule has 2 atom stereocenters. The maximum Gasteiger partial charge on any atom is 0.327 e. The molecular formula is C16H30N2O2. The Bertz CT molecular complexity index is 330. The standard InChI is InChI=1S/C16H30N2O2/c1-4-9-17-16(14-6-7-14,15(19)20-5-2)12-18-10-8-13(3)11-18/h13-14,17H,4-12H2,1-3H3. The van der Waals surface area contributed by atoms with E-state index in [9.17, 15) is 4.79 Å². The maximum atomic E-state index is 12.6. The third-order valence-corrected chi connectivity index (χ3v) is 4.59. The molecule has 0 aromatic heterocycles. The number of nitrogens with zero attached hydrogens (tertiary/aromatic N) is 1. The topological polar surface area (TPSA) is 41.6 Å². The van der Waals surface area contributed by atoms with Crippen molar-refractivity contribution in [1.82, 2.24) is 10.2 Å². The van der Waals surface area contributed by atoms with Crippen LogP contribution in [0.4, 0.5) is 0 Å². The van der Waals surface area contributed by atoms with E-state index < -0.39 is 5.54 Å². The Morgan fingerprint density at radius 2 is 2.10 bits per heavy atom. The van der Waals surface area contributed by atoms with Crippen LogP contribution in [0.25, 0.3) is 0 Å². The quantitative estimate of drug-likeness (QED) is 0.692. The summed E-state index contributed by atoms with van der Waals surface area (Å²) in [5.74, 6) is 1.18. The lowest BCUT2D eigenvalue weighted by molar-refractivity contribution is -0.153. The van der Waals surface area contributed by atoms with Crippen molar-refractivity contribution in [2.45, 2.75) is 52.0 Å². The summed E-state index contributed by atoms with van der Waals surface area (Å²) >= 11 is 0. The van der Waals surface area contributed by atoms with Crippen LogP contribution < -0.4 is 5.32 Å². The van der Waals surface area contributed by atoms with Crippen LogP contribution in [-0.4, -0.2) is 49.2 Å². The third kappa shape index (κ3) is 3.53. The van der Waals surface area contributed by atoms with Gasteiger partial charge in [0, 0.05) is 13.1 Å². The lowest BCUT2D eigenvalue weighted by Gasteiger charge is -2.36. The molecule has 4 nitrogen and oxygen atoms in total. The van der Waals surface area contributed by atoms with E-state index in [-0.39, 0.29) is 5.97 Å². The number of hydrogen-bond donors (Lipinski definition) is 1. The zero-order valence-corrected chi connectivity index (χ0v) is 13.3. The smallest absolute Gasteiger partial charge is 0.327 e. The van der Waals surface area contributed by atoms with Gasteiger partial charge in [-0.05, 0) is 57.5 Å². The molecule has 0 amide bonds. The Morgan fingerprint density at radius 3 is 2.60 bits per heavy atom. The molecule has 2 fully saturated rings. The van der Waals surface area contributed by atoms with E-state index in [0.717, 1.165) is 51.4 Å². The van der Waals surface area contributed by atoms with E-state index in [1.54, 1.807) is 0 Å². The Morgan fingerprint density at radius 1 is 1.35 bits per heavy atom. The van der Waals surface area contributed by atoms with Gasteiger partial charge in [-0.25, -0.2) is 4.79 Å². The van der Waals surface area contributed by atoms with Crippen LogP contribution in [0.2, 0.25) is 0 Å². The number of carbonyl (C=O) groups excluding carboxylic acids is 1. The molecule has 0 aromatic rings. The van der Waals surface area contributed by atoms with Crippen molar-refractivity contribution in [1.29, 1.82) is 0 Å². The van der Waals surface area contributed by atoms with Crippen molar-refractivity contribution in [3.8, 4) is 0 Å². The molecular weight excluding hydrogens is 252 g/mol. The predicted octanol–water partition coefficient (Wildman–Crippen LogP) is 2.04. The molecule has 2 unspecified atom stereocenters. The van der Waals surface area contributed by atoms with Crippen molar-refractivity contribution >= 4 is 5.97 Å². The van der Waals surface area contributed by atoms with Gasteiger partial charge in [0.1, 0.15) is 5.54 Å². The summed E-state index contributed by atoms with van der Waals surface area (Å²) in [5.41, 5.74) is -0.462. The molecule has 1 aliphatic carbocycles. The summed E-state index contributed by atoms with van der Waals surface area (Å²) in [6, 6.07) is 0. The molecule has 0 spiro atoms. The average molecular weight is 282 g/mol. The van der Waals surface area contributed by atoms with E-state index in [4.69, 9.17) is 4.74 Å². The molecule has 20 heavy (non-hydrogen) atoms. The van der Waals surface area contributed by atoms with Crippen LogP contribution in [0.1, 0.15) is 46.5 Å². The Labute approximate surface area is 123 Å². The maximum absolute atomic E-state index is 12.6. The molecule has 1 saturated heterocycles. The zero-order valence-electron chi connectivity index (χ0n) is 13.3. The minimum atomic E-state index is -0.462. The number of carbonyl (C=O) groups is 1. The molecule has 1 aliphatic heterocycles. The second-order valence-electron chi connectivity index (χ2n) is 6.52. The Hall–Kier alpha value is -0.610. The summed E-state index contributed by atoms with van der Waals surface area (Å²) in [7, 11) is 0. The zero-order chi connectivity index (χ0) is 14.6. The minimum absolute atomic E-state index is 0.0319. The average Bonchev–Trinajstić information content (AvgIpc) is 3.19. The van der Waals surface area contributed by atoms with E-state index in [1.807, 2.05) is 6.92 Å². The van der Waals surface area contributed by atoms with Crippen LogP contribution in [0.15, 0.2) is 0 Å². The number of ether oxygens (including phenoxy) is 1. The van der Waals surface area contributed by atoms with Gasteiger partial charge in [-0.2, -0.15) is 0 Å². The molecule has 1 saturated carbocycles. The van der Waals surface area contributed by atoms with Crippen molar-refractivity contribution in [3.05, 3.63) is 0 Å². The lowest BCUT2D eigenvalue weighted by Crippen LogP contribution is -2.61. The van der Waals surface area contributed by atoms with Crippen LogP contribution in [-0.2, 0) is 9.53 Å². The molecule has 4 heteroatoms. The monoisotopic (exact) mass is 282 g/mol. The number of likely N-dealkylation sites (tertiary alicyclic amines) is 1. The number of nitrogens with one attached hydrogen (secondary N) is 1. The first-order valence-corrected chi connectivity index (χ1v) is 8.27. The van der Waals surface area contributed by atoms with Crippen molar-refractivity contribution in [2.75, 3.05) is 32.8 Å². The summed E-state index contributed by atoms with van der Waals surface area (Å²) in [5, 5.41) is 3.55. The molecule has 1 heterocycles. The number of rotatable bonds is 8. The third-order valence-electron chi connectivity index (χ3n) is 4.59. The summed E-state index contributed by atoms with van der Waals surface area (Å²) in [4.78, 5) is 15.1. The minimum Gasteiger partial charge on any atom is -0.465 e. The fourth-order valence-corrected chi connectivity index (χ4v) is 3.34. The molecule has 0 aromatic carbocycles. The SMILES string of the molecule is CCCNC(CN1CCC(C)C1)(C(=O)OCC)C1CC1.